The number of hydrogen-bond donors (Lipinski definition) is 2. The highest BCUT2D eigenvalue weighted by molar-refractivity contribution is 5.90. The molecule has 1 aromatic heterocycles. The second-order valence-corrected chi connectivity index (χ2v) is 9.26. The first-order valence-corrected chi connectivity index (χ1v) is 11.9. The van der Waals surface area contributed by atoms with Gasteiger partial charge in [-0.15, -0.1) is 0 Å². The van der Waals surface area contributed by atoms with Crippen LogP contribution in [-0.4, -0.2) is 53.1 Å². The normalized spacial score (nSPS) is 18.5. The maximum absolute atomic E-state index is 13.0. The van der Waals surface area contributed by atoms with E-state index in [1.807, 2.05) is 18.2 Å². The molecular formula is C25H33N7O. The number of nitrogens with one attached hydrogen (secondary N) is 2. The fraction of sp³-hybridized carbons (Fsp3) is 0.520. The molecule has 2 aromatic rings. The molecule has 1 aliphatic carbocycles. The Morgan fingerprint density at radius 1 is 1.06 bits per heavy atom. The number of benzene rings is 1. The predicted octanol–water partition coefficient (Wildman–Crippen LogP) is 3.86. The van der Waals surface area contributed by atoms with Crippen LogP contribution in [0.3, 0.4) is 0 Å². The molecule has 4 rings (SSSR count). The molecule has 0 radical (unpaired) electrons. The molecule has 1 saturated heterocycles. The van der Waals surface area contributed by atoms with Gasteiger partial charge in [0.1, 0.15) is 6.07 Å². The lowest BCUT2D eigenvalue weighted by Crippen LogP contribution is -2.49. The van der Waals surface area contributed by atoms with E-state index in [1.54, 1.807) is 12.3 Å². The molecule has 174 valence electrons. The zero-order valence-electron chi connectivity index (χ0n) is 19.5. The lowest BCUT2D eigenvalue weighted by atomic mass is 9.79. The van der Waals surface area contributed by atoms with Gasteiger partial charge in [-0.1, -0.05) is 19.3 Å². The van der Waals surface area contributed by atoms with E-state index in [4.69, 9.17) is 0 Å². The van der Waals surface area contributed by atoms with Crippen LogP contribution in [0.25, 0.3) is 0 Å². The molecule has 8 heteroatoms. The monoisotopic (exact) mass is 447 g/mol. The number of carbonyl (C=O) groups is 1. The van der Waals surface area contributed by atoms with E-state index in [1.165, 1.54) is 5.69 Å². The van der Waals surface area contributed by atoms with Crippen molar-refractivity contribution in [3.63, 3.8) is 0 Å². The van der Waals surface area contributed by atoms with Gasteiger partial charge < -0.3 is 15.5 Å². The van der Waals surface area contributed by atoms with Crippen LogP contribution in [0.2, 0.25) is 0 Å². The zero-order valence-corrected chi connectivity index (χ0v) is 19.5. The summed E-state index contributed by atoms with van der Waals surface area (Å²) < 4.78 is 0. The molecule has 0 bridgehead atoms. The molecule has 2 heterocycles. The van der Waals surface area contributed by atoms with Crippen molar-refractivity contribution in [3.8, 4) is 6.07 Å². The first-order valence-electron chi connectivity index (χ1n) is 11.9. The molecule has 0 atom stereocenters. The maximum atomic E-state index is 13.0. The Labute approximate surface area is 196 Å². The van der Waals surface area contributed by atoms with Crippen molar-refractivity contribution in [2.75, 3.05) is 36.4 Å². The fourth-order valence-corrected chi connectivity index (χ4v) is 4.91. The summed E-state index contributed by atoms with van der Waals surface area (Å²) in [6, 6.07) is 12.2. The third-order valence-electron chi connectivity index (χ3n) is 6.84. The Morgan fingerprint density at radius 2 is 1.76 bits per heavy atom. The minimum Gasteiger partial charge on any atom is -0.369 e. The second kappa shape index (κ2) is 10.2. The number of nitrogens with zero attached hydrogens (tertiary/aromatic N) is 5. The smallest absolute Gasteiger partial charge is 0.319 e. The van der Waals surface area contributed by atoms with Crippen LogP contribution in [0, 0.1) is 11.3 Å². The van der Waals surface area contributed by atoms with Gasteiger partial charge in [-0.2, -0.15) is 5.26 Å². The first-order chi connectivity index (χ1) is 16.0. The summed E-state index contributed by atoms with van der Waals surface area (Å²) >= 11 is 0. The van der Waals surface area contributed by atoms with Gasteiger partial charge in [0.25, 0.3) is 0 Å². The van der Waals surface area contributed by atoms with Crippen LogP contribution in [0.5, 0.6) is 0 Å². The minimum atomic E-state index is -0.576. The van der Waals surface area contributed by atoms with Gasteiger partial charge in [0.05, 0.1) is 11.2 Å². The topological polar surface area (TPSA) is 97.2 Å². The molecule has 1 aromatic carbocycles. The van der Waals surface area contributed by atoms with Gasteiger partial charge in [0.15, 0.2) is 0 Å². The Morgan fingerprint density at radius 3 is 2.39 bits per heavy atom. The van der Waals surface area contributed by atoms with E-state index in [9.17, 15) is 10.1 Å². The van der Waals surface area contributed by atoms with Crippen molar-refractivity contribution in [2.45, 2.75) is 57.5 Å². The number of aromatic nitrogens is 2. The number of nitriles is 1. The molecule has 2 aliphatic rings. The lowest BCUT2D eigenvalue weighted by molar-refractivity contribution is 0.209. The minimum absolute atomic E-state index is 0.129. The van der Waals surface area contributed by atoms with Gasteiger partial charge in [0.2, 0.25) is 5.82 Å². The maximum Gasteiger partial charge on any atom is 0.319 e. The molecule has 1 saturated carbocycles. The molecule has 2 amide bonds. The van der Waals surface area contributed by atoms with E-state index >= 15 is 0 Å². The standard InChI is InChI=1S/C25H33N7O/c1-19(2)31-14-16-32(17-15-31)21-8-6-20(7-9-21)28-24(33)30-25(11-4-3-5-12-25)22-10-13-27-23(18-26)29-22/h6-10,13,19H,3-5,11-12,14-17H2,1-2H3,(H2,28,30,33). The molecule has 8 nitrogen and oxygen atoms in total. The number of urea groups is 1. The van der Waals surface area contributed by atoms with Crippen LogP contribution in [-0.2, 0) is 5.54 Å². The van der Waals surface area contributed by atoms with Crippen molar-refractivity contribution in [1.29, 1.82) is 5.26 Å². The first kappa shape index (κ1) is 23.0. The molecule has 1 aliphatic heterocycles. The zero-order chi connectivity index (χ0) is 23.3. The number of piperazine rings is 1. The highest BCUT2D eigenvalue weighted by Crippen LogP contribution is 2.36. The van der Waals surface area contributed by atoms with Gasteiger partial charge in [-0.25, -0.2) is 14.8 Å². The van der Waals surface area contributed by atoms with Crippen molar-refractivity contribution < 1.29 is 4.79 Å². The van der Waals surface area contributed by atoms with Crippen molar-refractivity contribution >= 4 is 17.4 Å². The average molecular weight is 448 g/mol. The van der Waals surface area contributed by atoms with Crippen molar-refractivity contribution in [3.05, 3.63) is 48.0 Å². The molecule has 0 spiro atoms. The molecule has 33 heavy (non-hydrogen) atoms. The molecule has 2 fully saturated rings. The summed E-state index contributed by atoms with van der Waals surface area (Å²) in [5.74, 6) is 0.129. The molecule has 2 N–H and O–H groups in total. The highest BCUT2D eigenvalue weighted by Gasteiger charge is 2.37. The quantitative estimate of drug-likeness (QED) is 0.722. The lowest BCUT2D eigenvalue weighted by Gasteiger charge is -2.38. The number of anilines is 2. The summed E-state index contributed by atoms with van der Waals surface area (Å²) in [7, 11) is 0. The number of amides is 2. The SMILES string of the molecule is CC(C)N1CCN(c2ccc(NC(=O)NC3(c4ccnc(C#N)n4)CCCCC3)cc2)CC1. The van der Waals surface area contributed by atoms with Gasteiger partial charge in [0, 0.05) is 49.8 Å². The van der Waals surface area contributed by atoms with Gasteiger partial charge in [-0.05, 0) is 57.0 Å². The van der Waals surface area contributed by atoms with Crippen molar-refractivity contribution in [1.82, 2.24) is 20.2 Å². The van der Waals surface area contributed by atoms with Crippen molar-refractivity contribution in [2.24, 2.45) is 0 Å². The van der Waals surface area contributed by atoms with E-state index in [-0.39, 0.29) is 11.9 Å². The summed E-state index contributed by atoms with van der Waals surface area (Å²) in [5, 5.41) is 15.3. The van der Waals surface area contributed by atoms with Crippen LogP contribution in [0.1, 0.15) is 57.5 Å². The van der Waals surface area contributed by atoms with E-state index < -0.39 is 5.54 Å². The third kappa shape index (κ3) is 5.42. The summed E-state index contributed by atoms with van der Waals surface area (Å²) in [6.45, 7) is 8.64. The second-order valence-electron chi connectivity index (χ2n) is 9.26. The predicted molar refractivity (Wildman–Crippen MR) is 129 cm³/mol. The largest absolute Gasteiger partial charge is 0.369 e. The Balaban J connectivity index is 1.40. The summed E-state index contributed by atoms with van der Waals surface area (Å²) in [6.07, 6.45) is 6.33. The average Bonchev–Trinajstić information content (AvgIpc) is 2.85. The van der Waals surface area contributed by atoms with E-state index in [2.05, 4.69) is 56.4 Å². The molecular weight excluding hydrogens is 414 g/mol. The van der Waals surface area contributed by atoms with Crippen LogP contribution in [0.4, 0.5) is 16.2 Å². The summed E-state index contributed by atoms with van der Waals surface area (Å²) in [4.78, 5) is 26.2. The Kier molecular flexibility index (Phi) is 7.09. The Hall–Kier alpha value is -3.18. The van der Waals surface area contributed by atoms with Crippen LogP contribution >= 0.6 is 0 Å². The molecule has 0 unspecified atom stereocenters. The number of carbonyl (C=O) groups excluding carboxylic acids is 1. The summed E-state index contributed by atoms with van der Waals surface area (Å²) in [5.41, 5.74) is 2.06. The third-order valence-corrected chi connectivity index (χ3v) is 6.84. The Bertz CT molecular complexity index is 985. The highest BCUT2D eigenvalue weighted by atomic mass is 16.2. The number of hydrogen-bond acceptors (Lipinski definition) is 6. The number of rotatable bonds is 5. The fourth-order valence-electron chi connectivity index (χ4n) is 4.91. The van der Waals surface area contributed by atoms with E-state index in [0.29, 0.717) is 11.7 Å². The van der Waals surface area contributed by atoms with Crippen LogP contribution in [0.15, 0.2) is 36.5 Å². The van der Waals surface area contributed by atoms with Gasteiger partial charge in [-0.3, -0.25) is 4.90 Å². The van der Waals surface area contributed by atoms with E-state index in [0.717, 1.165) is 64.0 Å². The van der Waals surface area contributed by atoms with Crippen LogP contribution < -0.4 is 15.5 Å². The van der Waals surface area contributed by atoms with Gasteiger partial charge >= 0.3 is 6.03 Å².